The molecule has 0 aliphatic carbocycles. The average Bonchev–Trinajstić information content (AvgIpc) is 3.08. The lowest BCUT2D eigenvalue weighted by Gasteiger charge is -2.31. The van der Waals surface area contributed by atoms with Crippen LogP contribution in [0.1, 0.15) is 31.4 Å². The Balaban J connectivity index is 1.22. The molecule has 5 rings (SSSR count). The summed E-state index contributed by atoms with van der Waals surface area (Å²) in [5, 5.41) is 3.26. The van der Waals surface area contributed by atoms with Crippen LogP contribution >= 0.6 is 0 Å². The van der Waals surface area contributed by atoms with E-state index in [1.165, 1.54) is 0 Å². The molecule has 2 unspecified atom stereocenters. The molecule has 7 nitrogen and oxygen atoms in total. The molecule has 2 atom stereocenters. The molecule has 1 amide bonds. The van der Waals surface area contributed by atoms with E-state index in [0.29, 0.717) is 6.61 Å². The van der Waals surface area contributed by atoms with Crippen molar-refractivity contribution in [3.05, 3.63) is 54.1 Å². The van der Waals surface area contributed by atoms with Crippen LogP contribution < -0.4 is 15.0 Å². The lowest BCUT2D eigenvalue weighted by Crippen LogP contribution is -2.48. The van der Waals surface area contributed by atoms with Gasteiger partial charge in [0.1, 0.15) is 5.75 Å². The third-order valence-electron chi connectivity index (χ3n) is 6.41. The van der Waals surface area contributed by atoms with E-state index in [2.05, 4.69) is 26.2 Å². The van der Waals surface area contributed by atoms with E-state index in [1.54, 1.807) is 0 Å². The van der Waals surface area contributed by atoms with Gasteiger partial charge in [-0.15, -0.1) is 0 Å². The predicted octanol–water partition coefficient (Wildman–Crippen LogP) is 3.10. The number of hydrogen-bond donors (Lipinski definition) is 2. The molecule has 1 fully saturated rings. The minimum absolute atomic E-state index is 0.0129. The number of nitrogens with one attached hydrogen (secondary N) is 2. The highest BCUT2D eigenvalue weighted by Crippen LogP contribution is 2.31. The maximum atomic E-state index is 13.1. The van der Waals surface area contributed by atoms with Crippen LogP contribution in [-0.2, 0) is 4.79 Å². The van der Waals surface area contributed by atoms with Crippen molar-refractivity contribution in [3.8, 4) is 5.75 Å². The van der Waals surface area contributed by atoms with Gasteiger partial charge in [0.05, 0.1) is 29.7 Å². The molecule has 0 spiro atoms. The van der Waals surface area contributed by atoms with Crippen LogP contribution in [0.5, 0.6) is 5.75 Å². The number of anilines is 1. The summed E-state index contributed by atoms with van der Waals surface area (Å²) in [6, 6.07) is 15.9. The molecule has 0 bridgehead atoms. The van der Waals surface area contributed by atoms with Crippen molar-refractivity contribution in [2.45, 2.75) is 31.8 Å². The number of ether oxygens (including phenoxy) is 1. The van der Waals surface area contributed by atoms with E-state index >= 15 is 0 Å². The van der Waals surface area contributed by atoms with Crippen LogP contribution in [0.15, 0.2) is 48.5 Å². The van der Waals surface area contributed by atoms with Crippen molar-refractivity contribution in [1.82, 2.24) is 20.2 Å². The zero-order valence-corrected chi connectivity index (χ0v) is 17.9. The molecule has 31 heavy (non-hydrogen) atoms. The summed E-state index contributed by atoms with van der Waals surface area (Å²) in [5.41, 5.74) is 3.12. The van der Waals surface area contributed by atoms with E-state index in [9.17, 15) is 4.79 Å². The zero-order chi connectivity index (χ0) is 21.2. The molecule has 1 saturated heterocycles. The molecule has 0 radical (unpaired) electrons. The van der Waals surface area contributed by atoms with Gasteiger partial charge in [-0.2, -0.15) is 0 Å². The van der Waals surface area contributed by atoms with Gasteiger partial charge in [-0.05, 0) is 31.5 Å². The number of aromatic amines is 1. The first-order valence-electron chi connectivity index (χ1n) is 11.1. The van der Waals surface area contributed by atoms with Crippen LogP contribution in [0.3, 0.4) is 0 Å². The molecular formula is C24H29N5O2. The van der Waals surface area contributed by atoms with Crippen LogP contribution in [0.25, 0.3) is 11.0 Å². The van der Waals surface area contributed by atoms with Gasteiger partial charge in [0, 0.05) is 38.2 Å². The quantitative estimate of drug-likeness (QED) is 0.680. The number of carbonyl (C=O) groups is 1. The third kappa shape index (κ3) is 4.10. The Kier molecular flexibility index (Phi) is 5.51. The van der Waals surface area contributed by atoms with Crippen LogP contribution in [0, 0.1) is 0 Å². The molecule has 3 aromatic rings. The number of carbonyl (C=O) groups excluding carboxylic acids is 1. The fourth-order valence-electron chi connectivity index (χ4n) is 4.58. The summed E-state index contributed by atoms with van der Waals surface area (Å²) >= 11 is 0. The standard InChI is InChI=1S/C24H29N5O2/c1-17(23(30)25-19-11-16-31-22-10-5-2-7-18(19)22)28-12-6-13-29(15-14-28)24-26-20-8-3-4-9-21(20)27-24/h2-5,7-10,17,19H,6,11-16H2,1H3,(H,25,30)(H,26,27). The fourth-order valence-corrected chi connectivity index (χ4v) is 4.58. The summed E-state index contributed by atoms with van der Waals surface area (Å²) in [4.78, 5) is 25.8. The number of imidazole rings is 1. The smallest absolute Gasteiger partial charge is 0.237 e. The lowest BCUT2D eigenvalue weighted by atomic mass is 10.00. The van der Waals surface area contributed by atoms with E-state index in [0.717, 1.165) is 67.3 Å². The summed E-state index contributed by atoms with van der Waals surface area (Å²) in [6.07, 6.45) is 1.80. The Hall–Kier alpha value is -3.06. The second-order valence-corrected chi connectivity index (χ2v) is 8.37. The number of para-hydroxylation sites is 3. The molecule has 0 saturated carbocycles. The van der Waals surface area contributed by atoms with Crippen LogP contribution in [-0.4, -0.2) is 59.6 Å². The number of H-pyrrole nitrogens is 1. The Morgan fingerprint density at radius 3 is 2.87 bits per heavy atom. The number of benzene rings is 2. The predicted molar refractivity (Wildman–Crippen MR) is 121 cm³/mol. The van der Waals surface area contributed by atoms with Crippen molar-refractivity contribution >= 4 is 22.9 Å². The normalized spacial score (nSPS) is 20.5. The molecule has 2 aromatic carbocycles. The van der Waals surface area contributed by atoms with Crippen LogP contribution in [0.4, 0.5) is 5.95 Å². The molecule has 3 heterocycles. The lowest BCUT2D eigenvalue weighted by molar-refractivity contribution is -0.126. The second kappa shape index (κ2) is 8.59. The first-order valence-corrected chi connectivity index (χ1v) is 11.1. The van der Waals surface area contributed by atoms with Gasteiger partial charge < -0.3 is 19.9 Å². The van der Waals surface area contributed by atoms with Crippen LogP contribution in [0.2, 0.25) is 0 Å². The summed E-state index contributed by atoms with van der Waals surface area (Å²) in [6.45, 7) is 6.14. The van der Waals surface area contributed by atoms with Crippen molar-refractivity contribution < 1.29 is 9.53 Å². The van der Waals surface area contributed by atoms with Crippen molar-refractivity contribution in [3.63, 3.8) is 0 Å². The number of amides is 1. The average molecular weight is 420 g/mol. The Morgan fingerprint density at radius 1 is 1.13 bits per heavy atom. The van der Waals surface area contributed by atoms with Gasteiger partial charge in [-0.3, -0.25) is 9.69 Å². The highest BCUT2D eigenvalue weighted by molar-refractivity contribution is 5.82. The van der Waals surface area contributed by atoms with E-state index < -0.39 is 0 Å². The van der Waals surface area contributed by atoms with Gasteiger partial charge in [0.2, 0.25) is 11.9 Å². The highest BCUT2D eigenvalue weighted by atomic mass is 16.5. The topological polar surface area (TPSA) is 73.5 Å². The number of fused-ring (bicyclic) bond motifs is 2. The van der Waals surface area contributed by atoms with Crippen molar-refractivity contribution in [1.29, 1.82) is 0 Å². The summed E-state index contributed by atoms with van der Waals surface area (Å²) < 4.78 is 5.73. The highest BCUT2D eigenvalue weighted by Gasteiger charge is 2.28. The molecule has 1 aromatic heterocycles. The van der Waals surface area contributed by atoms with Gasteiger partial charge >= 0.3 is 0 Å². The van der Waals surface area contributed by atoms with Crippen molar-refractivity contribution in [2.75, 3.05) is 37.7 Å². The minimum atomic E-state index is -0.175. The van der Waals surface area contributed by atoms with E-state index in [-0.39, 0.29) is 18.0 Å². The second-order valence-electron chi connectivity index (χ2n) is 8.37. The monoisotopic (exact) mass is 419 g/mol. The van der Waals surface area contributed by atoms with Gasteiger partial charge in [0.25, 0.3) is 0 Å². The molecule has 2 aliphatic rings. The van der Waals surface area contributed by atoms with E-state index in [1.807, 2.05) is 49.4 Å². The number of rotatable bonds is 4. The molecule has 7 heteroatoms. The molecule has 2 aliphatic heterocycles. The summed E-state index contributed by atoms with van der Waals surface area (Å²) in [5.74, 6) is 1.88. The zero-order valence-electron chi connectivity index (χ0n) is 17.9. The Bertz CT molecular complexity index is 1030. The fraction of sp³-hybridized carbons (Fsp3) is 0.417. The van der Waals surface area contributed by atoms with Gasteiger partial charge in [0.15, 0.2) is 0 Å². The SMILES string of the molecule is CC(C(=O)NC1CCOc2ccccc21)N1CCCN(c2nc3ccccc3[nH]2)CC1. The summed E-state index contributed by atoms with van der Waals surface area (Å²) in [7, 11) is 0. The van der Waals surface area contributed by atoms with Crippen molar-refractivity contribution in [2.24, 2.45) is 0 Å². The molecule has 2 N–H and O–H groups in total. The number of nitrogens with zero attached hydrogens (tertiary/aromatic N) is 3. The first kappa shape index (κ1) is 19.9. The van der Waals surface area contributed by atoms with E-state index in [4.69, 9.17) is 9.72 Å². The number of aromatic nitrogens is 2. The number of hydrogen-bond acceptors (Lipinski definition) is 5. The first-order chi connectivity index (χ1) is 15.2. The molecule has 162 valence electrons. The van der Waals surface area contributed by atoms with Gasteiger partial charge in [-0.25, -0.2) is 4.98 Å². The maximum absolute atomic E-state index is 13.1. The molecular weight excluding hydrogens is 390 g/mol. The third-order valence-corrected chi connectivity index (χ3v) is 6.41. The minimum Gasteiger partial charge on any atom is -0.493 e. The Labute approximate surface area is 182 Å². The van der Waals surface area contributed by atoms with Gasteiger partial charge in [-0.1, -0.05) is 30.3 Å². The Morgan fingerprint density at radius 2 is 1.97 bits per heavy atom. The maximum Gasteiger partial charge on any atom is 0.237 e. The largest absolute Gasteiger partial charge is 0.493 e.